The molecule has 0 saturated carbocycles. The first-order valence-electron chi connectivity index (χ1n) is 12.0. The lowest BCUT2D eigenvalue weighted by molar-refractivity contribution is -0.146. The van der Waals surface area contributed by atoms with Crippen LogP contribution in [0.4, 0.5) is 4.79 Å². The van der Waals surface area contributed by atoms with Crippen molar-refractivity contribution in [3.63, 3.8) is 0 Å². The van der Waals surface area contributed by atoms with Crippen molar-refractivity contribution in [3.8, 4) is 0 Å². The van der Waals surface area contributed by atoms with Crippen LogP contribution in [-0.2, 0) is 19.0 Å². The maximum atomic E-state index is 11.9. The van der Waals surface area contributed by atoms with E-state index in [9.17, 15) is 9.59 Å². The fraction of sp³-hybridized carbons (Fsp3) is 0.286. The number of carbonyl (C=O) groups excluding carboxylic acids is 2. The first kappa shape index (κ1) is 29.3. The van der Waals surface area contributed by atoms with E-state index in [0.29, 0.717) is 25.6 Å². The Morgan fingerprint density at radius 3 is 1.68 bits per heavy atom. The molecule has 196 valence electrons. The Bertz CT molecular complexity index is 1010. The fourth-order valence-electron chi connectivity index (χ4n) is 4.22. The first-order valence-corrected chi connectivity index (χ1v) is 15.0. The molecule has 1 unspecified atom stereocenters. The molecule has 6 nitrogen and oxygen atoms in total. The molecule has 0 radical (unpaired) electrons. The quantitative estimate of drug-likeness (QED) is 0.173. The van der Waals surface area contributed by atoms with Gasteiger partial charge < -0.3 is 36.5 Å². The van der Waals surface area contributed by atoms with Gasteiger partial charge in [-0.2, -0.15) is 0 Å². The van der Waals surface area contributed by atoms with Crippen molar-refractivity contribution in [2.75, 3.05) is 44.9 Å². The third kappa shape index (κ3) is 7.88. The zero-order valence-corrected chi connectivity index (χ0v) is 23.8. The summed E-state index contributed by atoms with van der Waals surface area (Å²) in [7, 11) is -1.90. The van der Waals surface area contributed by atoms with Gasteiger partial charge in [-0.1, -0.05) is 66.4 Å². The molecule has 1 heterocycles. The van der Waals surface area contributed by atoms with Gasteiger partial charge in [-0.3, -0.25) is 4.79 Å². The van der Waals surface area contributed by atoms with Crippen LogP contribution in [0.1, 0.15) is 0 Å². The molecule has 1 aliphatic rings. The number of thioether (sulfide) groups is 1. The Morgan fingerprint density at radius 1 is 0.757 bits per heavy atom. The molecule has 1 aliphatic heterocycles. The highest BCUT2D eigenvalue weighted by molar-refractivity contribution is 8.14. The molecule has 0 spiro atoms. The molecule has 3 aromatic carbocycles. The minimum Gasteiger partial charge on any atom is -1.00 e. The molecule has 4 rings (SSSR count). The number of rotatable bonds is 13. The lowest BCUT2D eigenvalue weighted by Gasteiger charge is -2.27. The SMILES string of the molecule is O=C1NC(C(=O)OCCOCCOCC[P+](c2ccccc2)(c2ccccc2)c2ccccc2)CS1.[Br-]. The molecule has 1 fully saturated rings. The van der Waals surface area contributed by atoms with E-state index < -0.39 is 19.3 Å². The van der Waals surface area contributed by atoms with Crippen LogP contribution in [0.15, 0.2) is 91.0 Å². The van der Waals surface area contributed by atoms with Gasteiger partial charge in [0, 0.05) is 5.75 Å². The summed E-state index contributed by atoms with van der Waals surface area (Å²) in [6, 6.07) is 31.6. The first-order chi connectivity index (χ1) is 17.7. The van der Waals surface area contributed by atoms with E-state index in [0.717, 1.165) is 17.9 Å². The summed E-state index contributed by atoms with van der Waals surface area (Å²) < 4.78 is 16.8. The fourth-order valence-corrected chi connectivity index (χ4v) is 9.10. The minimum atomic E-state index is -1.90. The van der Waals surface area contributed by atoms with Gasteiger partial charge in [-0.25, -0.2) is 4.79 Å². The predicted octanol–water partition coefficient (Wildman–Crippen LogP) is 0.386. The van der Waals surface area contributed by atoms with Crippen LogP contribution < -0.4 is 38.2 Å². The number of benzene rings is 3. The highest BCUT2D eigenvalue weighted by Gasteiger charge is 2.44. The van der Waals surface area contributed by atoms with Crippen LogP contribution in [0.3, 0.4) is 0 Å². The Morgan fingerprint density at radius 2 is 1.22 bits per heavy atom. The van der Waals surface area contributed by atoms with Crippen LogP contribution >= 0.6 is 19.0 Å². The third-order valence-electron chi connectivity index (χ3n) is 5.96. The van der Waals surface area contributed by atoms with Gasteiger partial charge in [0.1, 0.15) is 35.8 Å². The second-order valence-corrected chi connectivity index (χ2v) is 12.8. The summed E-state index contributed by atoms with van der Waals surface area (Å²) in [5.74, 6) is -0.0120. The number of esters is 1. The van der Waals surface area contributed by atoms with Crippen LogP contribution in [0.5, 0.6) is 0 Å². The van der Waals surface area contributed by atoms with Crippen molar-refractivity contribution in [1.29, 1.82) is 0 Å². The molecule has 1 N–H and O–H groups in total. The van der Waals surface area contributed by atoms with E-state index in [2.05, 4.69) is 96.3 Å². The number of hydrogen-bond acceptors (Lipinski definition) is 6. The molecule has 0 aromatic heterocycles. The van der Waals surface area contributed by atoms with Gasteiger partial charge in [0.15, 0.2) is 0 Å². The number of halogens is 1. The monoisotopic (exact) mass is 603 g/mol. The van der Waals surface area contributed by atoms with Crippen molar-refractivity contribution < 1.29 is 40.8 Å². The van der Waals surface area contributed by atoms with E-state index in [4.69, 9.17) is 14.2 Å². The van der Waals surface area contributed by atoms with E-state index in [-0.39, 0.29) is 35.4 Å². The third-order valence-corrected chi connectivity index (χ3v) is 11.2. The van der Waals surface area contributed by atoms with Gasteiger partial charge in [0.2, 0.25) is 0 Å². The largest absolute Gasteiger partial charge is 1.00 e. The van der Waals surface area contributed by atoms with Gasteiger partial charge in [-0.15, -0.1) is 0 Å². The zero-order chi connectivity index (χ0) is 25.1. The molecule has 0 aliphatic carbocycles. The van der Waals surface area contributed by atoms with Gasteiger partial charge in [-0.05, 0) is 36.4 Å². The smallest absolute Gasteiger partial charge is 0.329 e. The lowest BCUT2D eigenvalue weighted by Crippen LogP contribution is -3.00. The number of carbonyl (C=O) groups is 2. The highest BCUT2D eigenvalue weighted by Crippen LogP contribution is 2.54. The molecule has 0 bridgehead atoms. The summed E-state index contributed by atoms with van der Waals surface area (Å²) in [5, 5.41) is 6.38. The predicted molar refractivity (Wildman–Crippen MR) is 147 cm³/mol. The van der Waals surface area contributed by atoms with Gasteiger partial charge in [0.05, 0.1) is 32.6 Å². The Balaban J connectivity index is 0.00000380. The van der Waals surface area contributed by atoms with Crippen molar-refractivity contribution in [2.45, 2.75) is 6.04 Å². The van der Waals surface area contributed by atoms with Crippen LogP contribution in [-0.4, -0.2) is 62.2 Å². The van der Waals surface area contributed by atoms with Crippen LogP contribution in [0, 0.1) is 0 Å². The van der Waals surface area contributed by atoms with Crippen molar-refractivity contribution in [2.24, 2.45) is 0 Å². The summed E-state index contributed by atoms with van der Waals surface area (Å²) >= 11 is 1.09. The highest BCUT2D eigenvalue weighted by atomic mass is 79.9. The number of ether oxygens (including phenoxy) is 3. The van der Waals surface area contributed by atoms with E-state index in [1.807, 2.05) is 0 Å². The van der Waals surface area contributed by atoms with Crippen LogP contribution in [0.25, 0.3) is 0 Å². The molecule has 1 atom stereocenters. The average molecular weight is 605 g/mol. The number of hydrogen-bond donors (Lipinski definition) is 1. The summed E-state index contributed by atoms with van der Waals surface area (Å²) in [6.45, 7) is 1.92. The molecule has 37 heavy (non-hydrogen) atoms. The number of nitrogens with one attached hydrogen (secondary N) is 1. The van der Waals surface area contributed by atoms with E-state index in [1.165, 1.54) is 15.9 Å². The van der Waals surface area contributed by atoms with Crippen molar-refractivity contribution >= 4 is 46.1 Å². The lowest BCUT2D eigenvalue weighted by atomic mass is 10.3. The Labute approximate surface area is 233 Å². The van der Waals surface area contributed by atoms with Crippen molar-refractivity contribution in [3.05, 3.63) is 91.0 Å². The van der Waals surface area contributed by atoms with E-state index >= 15 is 0 Å². The van der Waals surface area contributed by atoms with Crippen LogP contribution in [0.2, 0.25) is 0 Å². The summed E-state index contributed by atoms with van der Waals surface area (Å²) in [4.78, 5) is 23.1. The molecular weight excluding hydrogens is 573 g/mol. The second kappa shape index (κ2) is 15.3. The molecule has 3 aromatic rings. The Hall–Kier alpha value is -2.22. The minimum absolute atomic E-state index is 0. The maximum absolute atomic E-state index is 11.9. The molecule has 1 saturated heterocycles. The topological polar surface area (TPSA) is 73.9 Å². The Kier molecular flexibility index (Phi) is 12.1. The molecule has 9 heteroatoms. The molecule has 1 amide bonds. The van der Waals surface area contributed by atoms with Gasteiger partial charge >= 0.3 is 5.97 Å². The number of amides is 1. The normalized spacial score (nSPS) is 15.0. The average Bonchev–Trinajstić information content (AvgIpc) is 3.38. The standard InChI is InChI=1S/C28H30NO5PS.BrH/c30-27(26-22-36-28(31)29-26)34-19-18-32-16-17-33-20-21-35(23-10-4-1-5-11-23,24-12-6-2-7-13-24)25-14-8-3-9-15-25;/h1-15,26H,16-22H2;1H. The van der Waals surface area contributed by atoms with Gasteiger partial charge in [0.25, 0.3) is 5.24 Å². The van der Waals surface area contributed by atoms with E-state index in [1.54, 1.807) is 0 Å². The summed E-state index contributed by atoms with van der Waals surface area (Å²) in [6.07, 6.45) is 0.883. The van der Waals surface area contributed by atoms with Crippen molar-refractivity contribution in [1.82, 2.24) is 5.32 Å². The maximum Gasteiger partial charge on any atom is 0.329 e. The second-order valence-electron chi connectivity index (χ2n) is 8.23. The summed E-state index contributed by atoms with van der Waals surface area (Å²) in [5.41, 5.74) is 0. The molecular formula is C28H31BrNO5PS. The zero-order valence-electron chi connectivity index (χ0n) is 20.5.